The van der Waals surface area contributed by atoms with Crippen LogP contribution in [-0.4, -0.2) is 88.9 Å². The summed E-state index contributed by atoms with van der Waals surface area (Å²) >= 11 is 2.79. The smallest absolute Gasteiger partial charge is 0.410 e. The molecule has 4 heterocycles. The highest BCUT2D eigenvalue weighted by Gasteiger charge is 2.54. The third kappa shape index (κ3) is 4.55. The van der Waals surface area contributed by atoms with Crippen LogP contribution in [0.5, 0.6) is 0 Å². The molecule has 3 amide bonds. The fourth-order valence-corrected chi connectivity index (χ4v) is 5.61. The number of nitrogens with zero attached hydrogens (tertiary/aromatic N) is 2. The first kappa shape index (κ1) is 21.7. The van der Waals surface area contributed by atoms with E-state index in [-0.39, 0.29) is 30.4 Å². The van der Waals surface area contributed by atoms with Crippen molar-refractivity contribution in [2.45, 2.75) is 17.8 Å². The van der Waals surface area contributed by atoms with Crippen LogP contribution in [0.3, 0.4) is 0 Å². The van der Waals surface area contributed by atoms with Gasteiger partial charge in [0, 0.05) is 29.3 Å². The molecule has 166 valence electrons. The van der Waals surface area contributed by atoms with Crippen molar-refractivity contribution in [1.82, 2.24) is 15.1 Å². The Bertz CT molecular complexity index is 912. The first-order chi connectivity index (χ1) is 15.0. The first-order valence-corrected chi connectivity index (χ1v) is 11.6. The SMILES string of the molecule is O=C(Cc1cccs1)N[C@@H]1C(=O)N2C(C(=O)O)=C(COC(=O)N3CCOCC3)CS[C@H]12. The average Bonchev–Trinajstić information content (AvgIpc) is 3.28. The number of carbonyl (C=O) groups is 4. The summed E-state index contributed by atoms with van der Waals surface area (Å²) in [4.78, 5) is 52.5. The van der Waals surface area contributed by atoms with E-state index < -0.39 is 29.4 Å². The molecule has 2 atom stereocenters. The van der Waals surface area contributed by atoms with E-state index in [4.69, 9.17) is 9.47 Å². The normalized spacial score (nSPS) is 23.2. The van der Waals surface area contributed by atoms with E-state index in [1.165, 1.54) is 32.9 Å². The van der Waals surface area contributed by atoms with Crippen molar-refractivity contribution in [3.8, 4) is 0 Å². The molecule has 2 N–H and O–H groups in total. The minimum absolute atomic E-state index is 0.170. The molecule has 3 aliphatic heterocycles. The van der Waals surface area contributed by atoms with Gasteiger partial charge in [-0.1, -0.05) is 6.07 Å². The van der Waals surface area contributed by atoms with Gasteiger partial charge in [-0.2, -0.15) is 0 Å². The number of thiophene rings is 1. The molecule has 3 aliphatic rings. The van der Waals surface area contributed by atoms with Crippen molar-refractivity contribution >= 4 is 47.0 Å². The van der Waals surface area contributed by atoms with Crippen molar-refractivity contribution < 1.29 is 33.8 Å². The highest BCUT2D eigenvalue weighted by molar-refractivity contribution is 8.00. The zero-order chi connectivity index (χ0) is 22.0. The van der Waals surface area contributed by atoms with Crippen molar-refractivity contribution in [2.24, 2.45) is 0 Å². The summed E-state index contributed by atoms with van der Waals surface area (Å²) in [6.07, 6.45) is -0.371. The number of β-lactam (4-membered cyclic amide) rings is 1. The second-order valence-electron chi connectivity index (χ2n) is 7.12. The van der Waals surface area contributed by atoms with E-state index in [2.05, 4.69) is 5.32 Å². The van der Waals surface area contributed by atoms with Gasteiger partial charge in [-0.15, -0.1) is 23.1 Å². The lowest BCUT2D eigenvalue weighted by atomic mass is 10.0. The fraction of sp³-hybridized carbons (Fsp3) is 0.474. The molecule has 0 bridgehead atoms. The molecule has 31 heavy (non-hydrogen) atoms. The van der Waals surface area contributed by atoms with Crippen LogP contribution in [0.2, 0.25) is 0 Å². The largest absolute Gasteiger partial charge is 0.477 e. The summed E-state index contributed by atoms with van der Waals surface area (Å²) in [5.74, 6) is -1.75. The molecule has 2 saturated heterocycles. The number of nitrogens with one attached hydrogen (secondary N) is 1. The number of rotatable bonds is 6. The third-order valence-corrected chi connectivity index (χ3v) is 7.34. The van der Waals surface area contributed by atoms with E-state index >= 15 is 0 Å². The predicted molar refractivity (Wildman–Crippen MR) is 111 cm³/mol. The summed E-state index contributed by atoms with van der Waals surface area (Å²) < 4.78 is 10.5. The van der Waals surface area contributed by atoms with Crippen molar-refractivity contribution in [2.75, 3.05) is 38.7 Å². The summed E-state index contributed by atoms with van der Waals surface area (Å²) in [5, 5.41) is 13.8. The van der Waals surface area contributed by atoms with Gasteiger partial charge in [-0.3, -0.25) is 14.5 Å². The van der Waals surface area contributed by atoms with Crippen molar-refractivity contribution in [3.63, 3.8) is 0 Å². The lowest BCUT2D eigenvalue weighted by Crippen LogP contribution is -2.70. The maximum atomic E-state index is 12.7. The number of hydrogen-bond donors (Lipinski definition) is 2. The lowest BCUT2D eigenvalue weighted by Gasteiger charge is -2.49. The second-order valence-corrected chi connectivity index (χ2v) is 9.26. The molecular formula is C19H21N3O7S2. The molecular weight excluding hydrogens is 446 g/mol. The van der Waals surface area contributed by atoms with Crippen LogP contribution in [0.4, 0.5) is 4.79 Å². The molecule has 0 radical (unpaired) electrons. The van der Waals surface area contributed by atoms with Crippen LogP contribution >= 0.6 is 23.1 Å². The van der Waals surface area contributed by atoms with Gasteiger partial charge in [0.2, 0.25) is 5.91 Å². The fourth-order valence-electron chi connectivity index (χ4n) is 3.58. The molecule has 0 unspecified atom stereocenters. The zero-order valence-electron chi connectivity index (χ0n) is 16.4. The zero-order valence-corrected chi connectivity index (χ0v) is 18.1. The Morgan fingerprint density at radius 1 is 1.29 bits per heavy atom. The number of carboxylic acids is 1. The van der Waals surface area contributed by atoms with Crippen molar-refractivity contribution in [1.29, 1.82) is 0 Å². The molecule has 0 saturated carbocycles. The van der Waals surface area contributed by atoms with Gasteiger partial charge in [0.1, 0.15) is 23.7 Å². The van der Waals surface area contributed by atoms with Crippen LogP contribution in [0, 0.1) is 0 Å². The Morgan fingerprint density at radius 2 is 2.06 bits per heavy atom. The number of amides is 3. The number of ether oxygens (including phenoxy) is 2. The van der Waals surface area contributed by atoms with Gasteiger partial charge in [0.05, 0.1) is 19.6 Å². The van der Waals surface area contributed by atoms with Crippen LogP contribution < -0.4 is 5.32 Å². The Labute approximate surface area is 186 Å². The quantitative estimate of drug-likeness (QED) is 0.580. The monoisotopic (exact) mass is 467 g/mol. The van der Waals surface area contributed by atoms with Gasteiger partial charge in [0.15, 0.2) is 0 Å². The molecule has 12 heteroatoms. The summed E-state index contributed by atoms with van der Waals surface area (Å²) in [6, 6.07) is 2.91. The minimum Gasteiger partial charge on any atom is -0.477 e. The maximum Gasteiger partial charge on any atom is 0.410 e. The third-order valence-electron chi connectivity index (χ3n) is 5.12. The number of hydrogen-bond acceptors (Lipinski definition) is 8. The number of fused-ring (bicyclic) bond motifs is 1. The molecule has 0 spiro atoms. The summed E-state index contributed by atoms with van der Waals surface area (Å²) in [6.45, 7) is 1.47. The number of morpholine rings is 1. The van der Waals surface area contributed by atoms with Gasteiger partial charge in [0.25, 0.3) is 5.91 Å². The Hall–Kier alpha value is -2.57. The van der Waals surface area contributed by atoms with Gasteiger partial charge < -0.3 is 24.8 Å². The standard InChI is InChI=1S/C19H21N3O7S2/c23-13(8-12-2-1-7-30-12)20-14-16(24)22-15(18(25)26)11(10-31-17(14)22)9-29-19(27)21-3-5-28-6-4-21/h1-2,7,14,17H,3-6,8-10H2,(H,20,23)(H,25,26)/t14-,17-/m1/s1. The van der Waals surface area contributed by atoms with Crippen LogP contribution in [0.1, 0.15) is 4.88 Å². The number of aliphatic carboxylic acids is 1. The highest BCUT2D eigenvalue weighted by atomic mass is 32.2. The minimum atomic E-state index is -1.26. The summed E-state index contributed by atoms with van der Waals surface area (Å²) in [5.41, 5.74) is 0.180. The number of carboxylic acid groups (broad SMARTS) is 1. The van der Waals surface area contributed by atoms with E-state index in [0.717, 1.165) is 4.88 Å². The summed E-state index contributed by atoms with van der Waals surface area (Å²) in [7, 11) is 0. The van der Waals surface area contributed by atoms with Crippen LogP contribution in [0.15, 0.2) is 28.8 Å². The van der Waals surface area contributed by atoms with Gasteiger partial charge in [-0.25, -0.2) is 9.59 Å². The number of thioether (sulfide) groups is 1. The molecule has 0 aliphatic carbocycles. The highest BCUT2D eigenvalue weighted by Crippen LogP contribution is 2.40. The maximum absolute atomic E-state index is 12.7. The average molecular weight is 468 g/mol. The van der Waals surface area contributed by atoms with E-state index in [1.807, 2.05) is 17.5 Å². The second kappa shape index (κ2) is 9.28. The first-order valence-electron chi connectivity index (χ1n) is 9.67. The molecule has 4 rings (SSSR count). The Kier molecular flexibility index (Phi) is 6.49. The molecule has 0 aromatic carbocycles. The van der Waals surface area contributed by atoms with E-state index in [0.29, 0.717) is 31.9 Å². The lowest BCUT2D eigenvalue weighted by molar-refractivity contribution is -0.150. The molecule has 2 fully saturated rings. The van der Waals surface area contributed by atoms with E-state index in [9.17, 15) is 24.3 Å². The predicted octanol–water partition coefficient (Wildman–Crippen LogP) is 0.498. The van der Waals surface area contributed by atoms with Gasteiger partial charge >= 0.3 is 12.1 Å². The van der Waals surface area contributed by atoms with Crippen LogP contribution in [-0.2, 0) is 30.3 Å². The van der Waals surface area contributed by atoms with Crippen LogP contribution in [0.25, 0.3) is 0 Å². The molecule has 1 aromatic heterocycles. The van der Waals surface area contributed by atoms with Gasteiger partial charge in [-0.05, 0) is 11.4 Å². The number of carbonyl (C=O) groups excluding carboxylic acids is 3. The van der Waals surface area contributed by atoms with E-state index in [1.54, 1.807) is 0 Å². The van der Waals surface area contributed by atoms with Crippen molar-refractivity contribution in [3.05, 3.63) is 33.7 Å². The Morgan fingerprint density at radius 3 is 2.74 bits per heavy atom. The molecule has 1 aromatic rings. The topological polar surface area (TPSA) is 125 Å². The molecule has 10 nitrogen and oxygen atoms in total. The Balaban J connectivity index is 1.39.